The van der Waals surface area contributed by atoms with Crippen LogP contribution in [0.5, 0.6) is 5.75 Å². The number of rotatable bonds is 8. The van der Waals surface area contributed by atoms with Crippen molar-refractivity contribution in [1.82, 2.24) is 14.9 Å². The van der Waals surface area contributed by atoms with Crippen molar-refractivity contribution in [2.24, 2.45) is 0 Å². The van der Waals surface area contributed by atoms with Gasteiger partial charge in [0.1, 0.15) is 24.3 Å². The molecule has 4 rings (SSSR count). The van der Waals surface area contributed by atoms with Crippen LogP contribution in [-0.2, 0) is 6.54 Å². The molecule has 0 saturated heterocycles. The molecule has 3 aromatic carbocycles. The van der Waals surface area contributed by atoms with E-state index in [9.17, 15) is 9.90 Å². The van der Waals surface area contributed by atoms with Gasteiger partial charge in [-0.05, 0) is 62.7 Å². The highest BCUT2D eigenvalue weighted by Gasteiger charge is 2.21. The summed E-state index contributed by atoms with van der Waals surface area (Å²) in [5, 5.41) is 13.8. The van der Waals surface area contributed by atoms with Gasteiger partial charge in [0, 0.05) is 5.56 Å². The molecule has 0 aliphatic carbocycles. The van der Waals surface area contributed by atoms with Crippen LogP contribution in [0.3, 0.4) is 0 Å². The Hall–Kier alpha value is -3.64. The minimum absolute atomic E-state index is 0.152. The maximum Gasteiger partial charge on any atom is 0.251 e. The number of aromatic nitrogens is 2. The van der Waals surface area contributed by atoms with Gasteiger partial charge in [0.15, 0.2) is 0 Å². The Labute approximate surface area is 193 Å². The fourth-order valence-electron chi connectivity index (χ4n) is 3.83. The maximum atomic E-state index is 12.8. The average molecular weight is 444 g/mol. The zero-order chi connectivity index (χ0) is 23.4. The van der Waals surface area contributed by atoms with Crippen LogP contribution >= 0.6 is 0 Å². The Morgan fingerprint density at radius 3 is 2.55 bits per heavy atom. The molecule has 6 nitrogen and oxygen atoms in total. The number of hydrogen-bond donors (Lipinski definition) is 2. The molecule has 0 radical (unpaired) electrons. The van der Waals surface area contributed by atoms with Gasteiger partial charge in [-0.3, -0.25) is 4.79 Å². The van der Waals surface area contributed by atoms with E-state index in [0.29, 0.717) is 17.9 Å². The molecule has 1 aromatic heterocycles. The summed E-state index contributed by atoms with van der Waals surface area (Å²) in [6.07, 6.45) is -0.748. The second-order valence-electron chi connectivity index (χ2n) is 8.41. The highest BCUT2D eigenvalue weighted by atomic mass is 16.5. The van der Waals surface area contributed by atoms with E-state index in [-0.39, 0.29) is 18.6 Å². The van der Waals surface area contributed by atoms with E-state index >= 15 is 0 Å². The molecule has 2 atom stereocenters. The van der Waals surface area contributed by atoms with Crippen molar-refractivity contribution in [3.05, 3.63) is 95.3 Å². The van der Waals surface area contributed by atoms with Crippen LogP contribution in [0, 0.1) is 13.8 Å². The Bertz CT molecular complexity index is 1250. The number of hydrogen-bond acceptors (Lipinski definition) is 4. The van der Waals surface area contributed by atoms with Crippen LogP contribution in [0.4, 0.5) is 0 Å². The van der Waals surface area contributed by atoms with Crippen LogP contribution in [-0.4, -0.2) is 33.3 Å². The molecule has 4 aromatic rings. The number of carbonyl (C=O) groups is 1. The molecule has 0 saturated carbocycles. The van der Waals surface area contributed by atoms with Gasteiger partial charge < -0.3 is 19.7 Å². The fraction of sp³-hybridized carbons (Fsp3) is 0.259. The lowest BCUT2D eigenvalue weighted by Gasteiger charge is -2.19. The standard InChI is InChI=1S/C27H29N3O3/c1-18-11-13-21(14-12-18)27(32)28-20(3)26-29-24-9-4-5-10-25(24)30(26)16-22(31)17-33-23-8-6-7-19(2)15-23/h4-15,20,22,31H,16-17H2,1-3H3,(H,28,32)/t20-,22-/m1/s1. The van der Waals surface area contributed by atoms with Crippen LogP contribution in [0.15, 0.2) is 72.8 Å². The van der Waals surface area contributed by atoms with Crippen molar-refractivity contribution in [1.29, 1.82) is 0 Å². The number of fused-ring (bicyclic) bond motifs is 1. The number of carbonyl (C=O) groups excluding carboxylic acids is 1. The van der Waals surface area contributed by atoms with Crippen molar-refractivity contribution < 1.29 is 14.6 Å². The molecule has 0 unspecified atom stereocenters. The first-order valence-electron chi connectivity index (χ1n) is 11.1. The summed E-state index contributed by atoms with van der Waals surface area (Å²) in [5.41, 5.74) is 4.52. The van der Waals surface area contributed by atoms with Gasteiger partial charge in [0.2, 0.25) is 0 Å². The molecule has 0 aliphatic rings. The number of para-hydroxylation sites is 2. The molecule has 33 heavy (non-hydrogen) atoms. The van der Waals surface area contributed by atoms with Crippen molar-refractivity contribution in [3.8, 4) is 5.75 Å². The number of benzene rings is 3. The van der Waals surface area contributed by atoms with Gasteiger partial charge >= 0.3 is 0 Å². The quantitative estimate of drug-likeness (QED) is 0.418. The van der Waals surface area contributed by atoms with E-state index in [2.05, 4.69) is 5.32 Å². The summed E-state index contributed by atoms with van der Waals surface area (Å²) in [5.74, 6) is 1.25. The Morgan fingerprint density at radius 2 is 1.79 bits per heavy atom. The van der Waals surface area contributed by atoms with E-state index in [1.807, 2.05) is 98.1 Å². The second kappa shape index (κ2) is 9.88. The fourth-order valence-corrected chi connectivity index (χ4v) is 3.83. The second-order valence-corrected chi connectivity index (χ2v) is 8.41. The SMILES string of the molecule is Cc1ccc(C(=O)N[C@H](C)c2nc3ccccc3n2C[C@@H](O)COc2cccc(C)c2)cc1. The molecule has 0 aliphatic heterocycles. The monoisotopic (exact) mass is 443 g/mol. The van der Waals surface area contributed by atoms with Crippen molar-refractivity contribution in [2.45, 2.75) is 39.5 Å². The number of aryl methyl sites for hydroxylation is 2. The number of ether oxygens (including phenoxy) is 1. The number of nitrogens with zero attached hydrogens (tertiary/aromatic N) is 2. The van der Waals surface area contributed by atoms with E-state index < -0.39 is 6.10 Å². The number of amides is 1. The lowest BCUT2D eigenvalue weighted by atomic mass is 10.1. The predicted octanol–water partition coefficient (Wildman–Crippen LogP) is 4.58. The first-order valence-corrected chi connectivity index (χ1v) is 11.1. The highest BCUT2D eigenvalue weighted by molar-refractivity contribution is 5.94. The summed E-state index contributed by atoms with van der Waals surface area (Å²) in [6.45, 7) is 6.34. The lowest BCUT2D eigenvalue weighted by molar-refractivity contribution is 0.0906. The smallest absolute Gasteiger partial charge is 0.251 e. The minimum atomic E-state index is -0.748. The molecule has 170 valence electrons. The lowest BCUT2D eigenvalue weighted by Crippen LogP contribution is -2.31. The summed E-state index contributed by atoms with van der Waals surface area (Å²) >= 11 is 0. The number of aliphatic hydroxyl groups excluding tert-OH is 1. The zero-order valence-corrected chi connectivity index (χ0v) is 19.2. The van der Waals surface area contributed by atoms with E-state index in [4.69, 9.17) is 9.72 Å². The van der Waals surface area contributed by atoms with Gasteiger partial charge in [-0.2, -0.15) is 0 Å². The van der Waals surface area contributed by atoms with Gasteiger partial charge in [-0.25, -0.2) is 4.98 Å². The molecule has 0 fully saturated rings. The summed E-state index contributed by atoms with van der Waals surface area (Å²) < 4.78 is 7.75. The van der Waals surface area contributed by atoms with Crippen molar-refractivity contribution >= 4 is 16.9 Å². The third kappa shape index (κ3) is 5.41. The van der Waals surface area contributed by atoms with E-state index in [0.717, 1.165) is 27.9 Å². The van der Waals surface area contributed by atoms with Gasteiger partial charge in [-0.15, -0.1) is 0 Å². The van der Waals surface area contributed by atoms with Crippen molar-refractivity contribution in [3.63, 3.8) is 0 Å². The molecule has 1 heterocycles. The molecule has 1 amide bonds. The van der Waals surface area contributed by atoms with Crippen LogP contribution in [0.25, 0.3) is 11.0 Å². The molecule has 0 bridgehead atoms. The summed E-state index contributed by atoms with van der Waals surface area (Å²) in [6, 6.07) is 22.6. The Morgan fingerprint density at radius 1 is 1.03 bits per heavy atom. The molecule has 0 spiro atoms. The average Bonchev–Trinajstić information content (AvgIpc) is 3.17. The molecular formula is C27H29N3O3. The topological polar surface area (TPSA) is 76.4 Å². The van der Waals surface area contributed by atoms with Gasteiger partial charge in [0.05, 0.1) is 23.6 Å². The van der Waals surface area contributed by atoms with Gasteiger partial charge in [-0.1, -0.05) is 42.0 Å². The summed E-state index contributed by atoms with van der Waals surface area (Å²) in [7, 11) is 0. The first kappa shape index (κ1) is 22.6. The third-order valence-electron chi connectivity index (χ3n) is 5.56. The first-order chi connectivity index (χ1) is 15.9. The zero-order valence-electron chi connectivity index (χ0n) is 19.2. The molecular weight excluding hydrogens is 414 g/mol. The summed E-state index contributed by atoms with van der Waals surface area (Å²) in [4.78, 5) is 17.5. The van der Waals surface area contributed by atoms with Crippen LogP contribution in [0.1, 0.15) is 40.3 Å². The van der Waals surface area contributed by atoms with Crippen LogP contribution in [0.2, 0.25) is 0 Å². The van der Waals surface area contributed by atoms with Crippen molar-refractivity contribution in [2.75, 3.05) is 6.61 Å². The van der Waals surface area contributed by atoms with E-state index in [1.54, 1.807) is 0 Å². The molecule has 2 N–H and O–H groups in total. The number of nitrogens with one attached hydrogen (secondary N) is 1. The molecule has 6 heteroatoms. The van der Waals surface area contributed by atoms with Gasteiger partial charge in [0.25, 0.3) is 5.91 Å². The minimum Gasteiger partial charge on any atom is -0.491 e. The predicted molar refractivity (Wildman–Crippen MR) is 129 cm³/mol. The third-order valence-corrected chi connectivity index (χ3v) is 5.56. The Kier molecular flexibility index (Phi) is 6.75. The largest absolute Gasteiger partial charge is 0.491 e. The number of imidazole rings is 1. The van der Waals surface area contributed by atoms with Crippen LogP contribution < -0.4 is 10.1 Å². The number of aliphatic hydroxyl groups is 1. The maximum absolute atomic E-state index is 12.8. The normalized spacial score (nSPS) is 13.0. The Balaban J connectivity index is 1.52. The highest BCUT2D eigenvalue weighted by Crippen LogP contribution is 2.22. The van der Waals surface area contributed by atoms with E-state index in [1.165, 1.54) is 0 Å².